The average Bonchev–Trinajstić information content (AvgIpc) is 3.01. The van der Waals surface area contributed by atoms with E-state index < -0.39 is 0 Å². The lowest BCUT2D eigenvalue weighted by Crippen LogP contribution is -2.32. The highest BCUT2D eigenvalue weighted by Gasteiger charge is 2.18. The second-order valence-corrected chi connectivity index (χ2v) is 5.53. The fourth-order valence-electron chi connectivity index (χ4n) is 2.66. The van der Waals surface area contributed by atoms with Crippen LogP contribution in [0.5, 0.6) is 5.75 Å². The van der Waals surface area contributed by atoms with Gasteiger partial charge in [0, 0.05) is 0 Å². The maximum absolute atomic E-state index is 6.06. The highest BCUT2D eigenvalue weighted by Crippen LogP contribution is 2.30. The summed E-state index contributed by atoms with van der Waals surface area (Å²) in [5, 5.41) is 0. The van der Waals surface area contributed by atoms with E-state index in [1.54, 1.807) is 6.26 Å². The molecule has 0 aliphatic carbocycles. The van der Waals surface area contributed by atoms with Crippen LogP contribution in [0.4, 0.5) is 0 Å². The summed E-state index contributed by atoms with van der Waals surface area (Å²) in [5.74, 6) is 2.45. The number of nitrogens with zero attached hydrogens (tertiary/aromatic N) is 1. The zero-order valence-electron chi connectivity index (χ0n) is 11.9. The Hall–Kier alpha value is -1.74. The predicted octanol–water partition coefficient (Wildman–Crippen LogP) is 3.67. The van der Waals surface area contributed by atoms with Gasteiger partial charge in [0.15, 0.2) is 0 Å². The molecule has 106 valence electrons. The highest BCUT2D eigenvalue weighted by atomic mass is 16.5. The summed E-state index contributed by atoms with van der Waals surface area (Å²) >= 11 is 0. The van der Waals surface area contributed by atoms with Gasteiger partial charge in [0.05, 0.1) is 18.4 Å². The van der Waals surface area contributed by atoms with Gasteiger partial charge in [-0.1, -0.05) is 12.1 Å². The highest BCUT2D eigenvalue weighted by molar-refractivity contribution is 5.65. The van der Waals surface area contributed by atoms with Crippen LogP contribution in [0, 0.1) is 5.92 Å². The summed E-state index contributed by atoms with van der Waals surface area (Å²) in [6, 6.07) is 12.0. The molecule has 0 saturated carbocycles. The lowest BCUT2D eigenvalue weighted by atomic mass is 9.98. The van der Waals surface area contributed by atoms with E-state index in [0.29, 0.717) is 5.92 Å². The Morgan fingerprint density at radius 1 is 1.15 bits per heavy atom. The van der Waals surface area contributed by atoms with Crippen LogP contribution in [0.3, 0.4) is 0 Å². The lowest BCUT2D eigenvalue weighted by molar-refractivity contribution is 0.160. The number of hydrogen-bond donors (Lipinski definition) is 0. The molecule has 20 heavy (non-hydrogen) atoms. The Bertz CT molecular complexity index is 528. The van der Waals surface area contributed by atoms with Crippen molar-refractivity contribution < 1.29 is 9.15 Å². The van der Waals surface area contributed by atoms with E-state index >= 15 is 0 Å². The Balaban J connectivity index is 1.66. The van der Waals surface area contributed by atoms with Crippen molar-refractivity contribution in [1.29, 1.82) is 0 Å². The zero-order chi connectivity index (χ0) is 13.8. The third-order valence-electron chi connectivity index (χ3n) is 3.99. The Morgan fingerprint density at radius 2 is 1.95 bits per heavy atom. The van der Waals surface area contributed by atoms with Crippen molar-refractivity contribution in [2.24, 2.45) is 5.92 Å². The largest absolute Gasteiger partial charge is 0.493 e. The van der Waals surface area contributed by atoms with Crippen LogP contribution in [0.25, 0.3) is 11.3 Å². The molecule has 1 aliphatic rings. The number of piperidine rings is 1. The topological polar surface area (TPSA) is 25.6 Å². The third-order valence-corrected chi connectivity index (χ3v) is 3.99. The summed E-state index contributed by atoms with van der Waals surface area (Å²) in [5.41, 5.74) is 1.03. The van der Waals surface area contributed by atoms with Crippen molar-refractivity contribution in [3.05, 3.63) is 42.7 Å². The molecule has 2 aromatic rings. The van der Waals surface area contributed by atoms with Gasteiger partial charge in [0.25, 0.3) is 0 Å². The third kappa shape index (κ3) is 3.05. The number of benzene rings is 1. The molecule has 1 fully saturated rings. The fraction of sp³-hybridized carbons (Fsp3) is 0.412. The van der Waals surface area contributed by atoms with E-state index in [0.717, 1.165) is 23.7 Å². The van der Waals surface area contributed by atoms with Crippen LogP contribution in [0.1, 0.15) is 12.8 Å². The van der Waals surface area contributed by atoms with Crippen molar-refractivity contribution in [2.45, 2.75) is 12.8 Å². The van der Waals surface area contributed by atoms with E-state index in [-0.39, 0.29) is 0 Å². The van der Waals surface area contributed by atoms with Crippen molar-refractivity contribution in [3.63, 3.8) is 0 Å². The zero-order valence-corrected chi connectivity index (χ0v) is 11.9. The summed E-state index contributed by atoms with van der Waals surface area (Å²) in [4.78, 5) is 2.38. The van der Waals surface area contributed by atoms with Gasteiger partial charge in [-0.15, -0.1) is 0 Å². The summed E-state index contributed by atoms with van der Waals surface area (Å²) < 4.78 is 11.5. The van der Waals surface area contributed by atoms with Crippen LogP contribution in [-0.4, -0.2) is 31.6 Å². The second kappa shape index (κ2) is 6.14. The van der Waals surface area contributed by atoms with Gasteiger partial charge in [0.1, 0.15) is 11.5 Å². The molecule has 0 atom stereocenters. The number of para-hydroxylation sites is 1. The molecule has 3 heteroatoms. The number of ether oxygens (including phenoxy) is 1. The maximum atomic E-state index is 6.06. The van der Waals surface area contributed by atoms with Crippen molar-refractivity contribution in [2.75, 3.05) is 26.7 Å². The number of furan rings is 1. The van der Waals surface area contributed by atoms with Crippen LogP contribution < -0.4 is 4.74 Å². The van der Waals surface area contributed by atoms with Gasteiger partial charge in [-0.25, -0.2) is 0 Å². The Morgan fingerprint density at radius 3 is 2.70 bits per heavy atom. The number of likely N-dealkylation sites (tertiary alicyclic amines) is 1. The molecule has 0 unspecified atom stereocenters. The molecule has 2 heterocycles. The minimum absolute atomic E-state index is 0.663. The monoisotopic (exact) mass is 271 g/mol. The molecule has 1 aromatic carbocycles. The average molecular weight is 271 g/mol. The maximum Gasteiger partial charge on any atom is 0.137 e. The first-order chi connectivity index (χ1) is 9.83. The van der Waals surface area contributed by atoms with Gasteiger partial charge >= 0.3 is 0 Å². The predicted molar refractivity (Wildman–Crippen MR) is 79.9 cm³/mol. The van der Waals surface area contributed by atoms with Crippen LogP contribution in [0.2, 0.25) is 0 Å². The summed E-state index contributed by atoms with van der Waals surface area (Å²) in [6.07, 6.45) is 4.14. The Labute approximate surface area is 120 Å². The quantitative estimate of drug-likeness (QED) is 0.848. The molecule has 3 rings (SSSR count). The molecule has 0 N–H and O–H groups in total. The molecule has 1 saturated heterocycles. The second-order valence-electron chi connectivity index (χ2n) is 5.53. The molecule has 1 aliphatic heterocycles. The SMILES string of the molecule is CN1CCC(COc2ccccc2-c2ccco2)CC1. The number of hydrogen-bond acceptors (Lipinski definition) is 3. The van der Waals surface area contributed by atoms with E-state index in [9.17, 15) is 0 Å². The van der Waals surface area contributed by atoms with E-state index in [1.807, 2.05) is 36.4 Å². The molecule has 1 aromatic heterocycles. The van der Waals surface area contributed by atoms with Crippen molar-refractivity contribution in [1.82, 2.24) is 4.90 Å². The van der Waals surface area contributed by atoms with Crippen LogP contribution in [0.15, 0.2) is 47.1 Å². The molecular weight excluding hydrogens is 250 g/mol. The van der Waals surface area contributed by atoms with Gasteiger partial charge in [0.2, 0.25) is 0 Å². The smallest absolute Gasteiger partial charge is 0.137 e. The van der Waals surface area contributed by atoms with Crippen molar-refractivity contribution in [3.8, 4) is 17.1 Å². The fourth-order valence-corrected chi connectivity index (χ4v) is 2.66. The summed E-state index contributed by atoms with van der Waals surface area (Å²) in [6.45, 7) is 3.15. The minimum Gasteiger partial charge on any atom is -0.493 e. The minimum atomic E-state index is 0.663. The van der Waals surface area contributed by atoms with Gasteiger partial charge in [-0.05, 0) is 63.2 Å². The van der Waals surface area contributed by atoms with Gasteiger partial charge < -0.3 is 14.1 Å². The first-order valence-corrected chi connectivity index (χ1v) is 7.27. The normalized spacial score (nSPS) is 17.2. The molecular formula is C17H21NO2. The van der Waals surface area contributed by atoms with Crippen molar-refractivity contribution >= 4 is 0 Å². The standard InChI is InChI=1S/C17H21NO2/c1-18-10-8-14(9-11-18)13-20-17-6-3-2-5-15(17)16-7-4-12-19-16/h2-7,12,14H,8-11,13H2,1H3. The van der Waals surface area contributed by atoms with Crippen LogP contribution >= 0.6 is 0 Å². The van der Waals surface area contributed by atoms with E-state index in [2.05, 4.69) is 11.9 Å². The van der Waals surface area contributed by atoms with E-state index in [4.69, 9.17) is 9.15 Å². The molecule has 0 radical (unpaired) electrons. The first kappa shape index (κ1) is 13.3. The van der Waals surface area contributed by atoms with E-state index in [1.165, 1.54) is 25.9 Å². The molecule has 0 bridgehead atoms. The molecule has 3 nitrogen and oxygen atoms in total. The first-order valence-electron chi connectivity index (χ1n) is 7.27. The molecule has 0 spiro atoms. The lowest BCUT2D eigenvalue weighted by Gasteiger charge is -2.28. The summed E-state index contributed by atoms with van der Waals surface area (Å²) in [7, 11) is 2.18. The molecule has 0 amide bonds. The Kier molecular flexibility index (Phi) is 4.07. The van der Waals surface area contributed by atoms with Gasteiger partial charge in [-0.2, -0.15) is 0 Å². The van der Waals surface area contributed by atoms with Gasteiger partial charge in [-0.3, -0.25) is 0 Å². The van der Waals surface area contributed by atoms with Crippen LogP contribution in [-0.2, 0) is 0 Å². The number of rotatable bonds is 4.